The molecule has 0 spiro atoms. The van der Waals surface area contributed by atoms with E-state index in [0.29, 0.717) is 13.0 Å². The van der Waals surface area contributed by atoms with Crippen LogP contribution in [-0.4, -0.2) is 22.1 Å². The Labute approximate surface area is 136 Å². The summed E-state index contributed by atoms with van der Waals surface area (Å²) in [6.07, 6.45) is 4.35. The largest absolute Gasteiger partial charge is 0.337 e. The fourth-order valence-corrected chi connectivity index (χ4v) is 2.70. The summed E-state index contributed by atoms with van der Waals surface area (Å²) < 4.78 is 15.7. The van der Waals surface area contributed by atoms with Crippen molar-refractivity contribution in [3.63, 3.8) is 0 Å². The van der Waals surface area contributed by atoms with Crippen LogP contribution < -0.4 is 10.6 Å². The van der Waals surface area contributed by atoms with Gasteiger partial charge in [-0.1, -0.05) is 0 Å². The van der Waals surface area contributed by atoms with Crippen LogP contribution in [0.15, 0.2) is 53.6 Å². The van der Waals surface area contributed by atoms with E-state index in [1.165, 1.54) is 17.4 Å². The van der Waals surface area contributed by atoms with Crippen molar-refractivity contribution < 1.29 is 9.18 Å². The minimum Gasteiger partial charge on any atom is -0.337 e. The summed E-state index contributed by atoms with van der Waals surface area (Å²) in [5, 5.41) is 7.16. The van der Waals surface area contributed by atoms with Gasteiger partial charge in [0, 0.05) is 36.4 Å². The minimum atomic E-state index is -0.476. The molecule has 0 aliphatic heterocycles. The van der Waals surface area contributed by atoms with E-state index >= 15 is 0 Å². The van der Waals surface area contributed by atoms with Gasteiger partial charge in [-0.25, -0.2) is 14.2 Å². The zero-order valence-corrected chi connectivity index (χ0v) is 13.0. The molecule has 0 saturated carbocycles. The molecule has 0 radical (unpaired) electrons. The van der Waals surface area contributed by atoms with Crippen molar-refractivity contribution in [1.82, 2.24) is 14.9 Å². The van der Waals surface area contributed by atoms with E-state index in [4.69, 9.17) is 0 Å². The molecule has 2 amide bonds. The van der Waals surface area contributed by atoms with Crippen LogP contribution in [0.4, 0.5) is 14.9 Å². The first-order valence-electron chi connectivity index (χ1n) is 7.07. The number of benzene rings is 1. The number of thiazole rings is 1. The number of anilines is 1. The van der Waals surface area contributed by atoms with Crippen molar-refractivity contribution >= 4 is 23.1 Å². The maximum Gasteiger partial charge on any atom is 0.319 e. The molecule has 7 heteroatoms. The Bertz CT molecular complexity index is 771. The molecule has 2 aromatic heterocycles. The standard InChI is InChI=1S/C16H15FN4OS/c17-14-4-3-13(21-7-1-2-8-21)9-15(14)20-16(22)18-6-5-12-10-23-11-19-12/h1-4,7-11H,5-6H2,(H2,18,20,22). The molecule has 23 heavy (non-hydrogen) atoms. The predicted molar refractivity (Wildman–Crippen MR) is 88.6 cm³/mol. The second kappa shape index (κ2) is 7.06. The number of halogens is 1. The SMILES string of the molecule is O=C(NCCc1cscn1)Nc1cc(-n2cccc2)ccc1F. The Morgan fingerprint density at radius 2 is 2.13 bits per heavy atom. The summed E-state index contributed by atoms with van der Waals surface area (Å²) in [7, 11) is 0. The molecule has 3 aromatic rings. The number of nitrogens with zero attached hydrogens (tertiary/aromatic N) is 2. The molecule has 0 fully saturated rings. The molecule has 0 bridgehead atoms. The molecule has 1 aromatic carbocycles. The molecule has 0 aliphatic carbocycles. The molecular weight excluding hydrogens is 315 g/mol. The minimum absolute atomic E-state index is 0.141. The normalized spacial score (nSPS) is 10.5. The molecule has 0 aliphatic rings. The maximum absolute atomic E-state index is 13.9. The van der Waals surface area contributed by atoms with E-state index < -0.39 is 11.8 Å². The number of hydrogen-bond donors (Lipinski definition) is 2. The molecular formula is C16H15FN4OS. The molecule has 3 rings (SSSR count). The number of rotatable bonds is 5. The lowest BCUT2D eigenvalue weighted by Crippen LogP contribution is -2.30. The van der Waals surface area contributed by atoms with Gasteiger partial charge in [0.25, 0.3) is 0 Å². The van der Waals surface area contributed by atoms with E-state index in [9.17, 15) is 9.18 Å². The van der Waals surface area contributed by atoms with E-state index in [0.717, 1.165) is 11.4 Å². The molecule has 2 heterocycles. The van der Waals surface area contributed by atoms with Gasteiger partial charge in [0.2, 0.25) is 0 Å². The third kappa shape index (κ3) is 3.95. The number of urea groups is 1. The van der Waals surface area contributed by atoms with Gasteiger partial charge in [0.1, 0.15) is 5.82 Å². The fraction of sp³-hybridized carbons (Fsp3) is 0.125. The summed E-state index contributed by atoms with van der Waals surface area (Å²) in [6.45, 7) is 0.439. The van der Waals surface area contributed by atoms with E-state index in [-0.39, 0.29) is 5.69 Å². The molecule has 118 valence electrons. The summed E-state index contributed by atoms with van der Waals surface area (Å²) in [5.41, 5.74) is 3.59. The Balaban J connectivity index is 1.60. The molecule has 0 saturated heterocycles. The second-order valence-corrected chi connectivity index (χ2v) is 5.58. The van der Waals surface area contributed by atoms with Crippen LogP contribution in [0.25, 0.3) is 5.69 Å². The number of nitrogens with one attached hydrogen (secondary N) is 2. The highest BCUT2D eigenvalue weighted by Crippen LogP contribution is 2.19. The van der Waals surface area contributed by atoms with Crippen molar-refractivity contribution in [3.8, 4) is 5.69 Å². The van der Waals surface area contributed by atoms with Gasteiger partial charge < -0.3 is 15.2 Å². The Kier molecular flexibility index (Phi) is 4.68. The van der Waals surface area contributed by atoms with E-state index in [2.05, 4.69) is 15.6 Å². The Hall–Kier alpha value is -2.67. The monoisotopic (exact) mass is 330 g/mol. The number of hydrogen-bond acceptors (Lipinski definition) is 3. The third-order valence-corrected chi connectivity index (χ3v) is 3.89. The van der Waals surface area contributed by atoms with Crippen LogP contribution in [0, 0.1) is 5.82 Å². The Morgan fingerprint density at radius 1 is 1.30 bits per heavy atom. The van der Waals surface area contributed by atoms with Crippen LogP contribution in [0.1, 0.15) is 5.69 Å². The van der Waals surface area contributed by atoms with Gasteiger partial charge in [0.15, 0.2) is 0 Å². The first-order valence-corrected chi connectivity index (χ1v) is 8.01. The van der Waals surface area contributed by atoms with E-state index in [1.807, 2.05) is 34.5 Å². The van der Waals surface area contributed by atoms with Crippen molar-refractivity contribution in [2.75, 3.05) is 11.9 Å². The van der Waals surface area contributed by atoms with Crippen molar-refractivity contribution in [1.29, 1.82) is 0 Å². The summed E-state index contributed by atoms with van der Waals surface area (Å²) >= 11 is 1.51. The summed E-state index contributed by atoms with van der Waals surface area (Å²) in [6, 6.07) is 7.89. The highest BCUT2D eigenvalue weighted by Gasteiger charge is 2.08. The summed E-state index contributed by atoms with van der Waals surface area (Å²) in [4.78, 5) is 16.0. The quantitative estimate of drug-likeness (QED) is 0.753. The van der Waals surface area contributed by atoms with Gasteiger partial charge in [0.05, 0.1) is 16.9 Å². The van der Waals surface area contributed by atoms with E-state index in [1.54, 1.807) is 17.6 Å². The van der Waals surface area contributed by atoms with Crippen molar-refractivity contribution in [2.45, 2.75) is 6.42 Å². The Morgan fingerprint density at radius 3 is 2.87 bits per heavy atom. The van der Waals surface area contributed by atoms with Crippen LogP contribution in [-0.2, 0) is 6.42 Å². The van der Waals surface area contributed by atoms with Crippen LogP contribution in [0.2, 0.25) is 0 Å². The average molecular weight is 330 g/mol. The average Bonchev–Trinajstić information content (AvgIpc) is 3.22. The molecule has 2 N–H and O–H groups in total. The van der Waals surface area contributed by atoms with Crippen molar-refractivity contribution in [2.24, 2.45) is 0 Å². The molecule has 0 atom stereocenters. The number of carbonyl (C=O) groups is 1. The highest BCUT2D eigenvalue weighted by atomic mass is 32.1. The van der Waals surface area contributed by atoms with Gasteiger partial charge in [-0.15, -0.1) is 11.3 Å². The smallest absolute Gasteiger partial charge is 0.319 e. The zero-order valence-electron chi connectivity index (χ0n) is 12.2. The second-order valence-electron chi connectivity index (χ2n) is 4.87. The number of carbonyl (C=O) groups excluding carboxylic acids is 1. The maximum atomic E-state index is 13.9. The highest BCUT2D eigenvalue weighted by molar-refractivity contribution is 7.07. The number of amides is 2. The topological polar surface area (TPSA) is 59.0 Å². The lowest BCUT2D eigenvalue weighted by Gasteiger charge is -2.10. The first kappa shape index (κ1) is 15.2. The predicted octanol–water partition coefficient (Wildman–Crippen LogP) is 3.44. The van der Waals surface area contributed by atoms with Gasteiger partial charge >= 0.3 is 6.03 Å². The molecule has 5 nitrogen and oxygen atoms in total. The van der Waals surface area contributed by atoms with Crippen molar-refractivity contribution in [3.05, 3.63) is 65.1 Å². The lowest BCUT2D eigenvalue weighted by atomic mass is 10.2. The fourth-order valence-electron chi connectivity index (χ4n) is 2.11. The number of aromatic nitrogens is 2. The van der Waals surface area contributed by atoms with Crippen LogP contribution in [0.3, 0.4) is 0 Å². The molecule has 0 unspecified atom stereocenters. The zero-order chi connectivity index (χ0) is 16.1. The third-order valence-electron chi connectivity index (χ3n) is 3.25. The lowest BCUT2D eigenvalue weighted by molar-refractivity contribution is 0.252. The first-order chi connectivity index (χ1) is 11.2. The van der Waals surface area contributed by atoms with Crippen LogP contribution >= 0.6 is 11.3 Å². The van der Waals surface area contributed by atoms with Gasteiger partial charge in [-0.2, -0.15) is 0 Å². The van der Waals surface area contributed by atoms with Gasteiger partial charge in [-0.3, -0.25) is 0 Å². The van der Waals surface area contributed by atoms with Gasteiger partial charge in [-0.05, 0) is 30.3 Å². The summed E-state index contributed by atoms with van der Waals surface area (Å²) in [5.74, 6) is -0.476. The van der Waals surface area contributed by atoms with Crippen LogP contribution in [0.5, 0.6) is 0 Å².